The van der Waals surface area contributed by atoms with E-state index >= 15 is 0 Å². The fraction of sp³-hybridized carbons (Fsp3) is 1.00. The first-order valence-corrected chi connectivity index (χ1v) is 7.50. The lowest BCUT2D eigenvalue weighted by Crippen LogP contribution is -2.64. The monoisotopic (exact) mass is 233 g/mol. The van der Waals surface area contributed by atoms with Crippen molar-refractivity contribution in [3.05, 3.63) is 0 Å². The predicted molar refractivity (Wildman–Crippen MR) is 63.8 cm³/mol. The van der Waals surface area contributed by atoms with Crippen molar-refractivity contribution >= 4 is 9.84 Å². The molecule has 3 nitrogen and oxygen atoms in total. The summed E-state index contributed by atoms with van der Waals surface area (Å²) in [6.07, 6.45) is 3.12. The second-order valence-corrected chi connectivity index (χ2v) is 7.77. The Morgan fingerprint density at radius 2 is 1.80 bits per heavy atom. The van der Waals surface area contributed by atoms with Gasteiger partial charge in [0.15, 0.2) is 9.84 Å². The van der Waals surface area contributed by atoms with Gasteiger partial charge in [0.2, 0.25) is 0 Å². The number of rotatable bonds is 3. The largest absolute Gasteiger partial charge is 0.305 e. The minimum absolute atomic E-state index is 0.239. The molecule has 0 radical (unpaired) electrons. The van der Waals surface area contributed by atoms with Gasteiger partial charge in [0.25, 0.3) is 0 Å². The first-order chi connectivity index (χ1) is 6.68. The van der Waals surface area contributed by atoms with Crippen LogP contribution in [0.4, 0.5) is 0 Å². The maximum absolute atomic E-state index is 11.8. The third kappa shape index (κ3) is 3.76. The van der Waals surface area contributed by atoms with E-state index in [-0.39, 0.29) is 22.6 Å². The van der Waals surface area contributed by atoms with E-state index in [0.717, 1.165) is 19.3 Å². The van der Waals surface area contributed by atoms with Gasteiger partial charge in [0.1, 0.15) is 0 Å². The van der Waals surface area contributed by atoms with Gasteiger partial charge in [-0.05, 0) is 27.2 Å². The van der Waals surface area contributed by atoms with E-state index in [1.54, 1.807) is 0 Å². The van der Waals surface area contributed by atoms with Crippen LogP contribution < -0.4 is 5.32 Å². The van der Waals surface area contributed by atoms with Gasteiger partial charge < -0.3 is 5.32 Å². The third-order valence-corrected chi connectivity index (χ3v) is 5.08. The molecule has 1 rings (SSSR count). The summed E-state index contributed by atoms with van der Waals surface area (Å²) in [6, 6.07) is 0. The Balaban J connectivity index is 2.82. The molecule has 15 heavy (non-hydrogen) atoms. The lowest BCUT2D eigenvalue weighted by Gasteiger charge is -2.44. The molecular formula is C11H23NO2S. The number of unbranched alkanes of at least 4 members (excludes halogenated alkanes) is 1. The van der Waals surface area contributed by atoms with Crippen LogP contribution in [0, 0.1) is 0 Å². The van der Waals surface area contributed by atoms with Crippen molar-refractivity contribution < 1.29 is 8.42 Å². The van der Waals surface area contributed by atoms with E-state index < -0.39 is 9.84 Å². The van der Waals surface area contributed by atoms with Crippen molar-refractivity contribution in [2.24, 2.45) is 0 Å². The van der Waals surface area contributed by atoms with Crippen LogP contribution in [-0.4, -0.2) is 31.0 Å². The normalized spacial score (nSPS) is 33.9. The Morgan fingerprint density at radius 3 is 2.27 bits per heavy atom. The molecule has 0 saturated carbocycles. The molecule has 1 saturated heterocycles. The lowest BCUT2D eigenvalue weighted by atomic mass is 9.92. The Hall–Kier alpha value is -0.0900. The topological polar surface area (TPSA) is 46.2 Å². The molecule has 1 heterocycles. The van der Waals surface area contributed by atoms with Gasteiger partial charge in [-0.1, -0.05) is 19.8 Å². The van der Waals surface area contributed by atoms with Crippen LogP contribution in [0.2, 0.25) is 0 Å². The van der Waals surface area contributed by atoms with Crippen molar-refractivity contribution in [1.82, 2.24) is 5.32 Å². The molecule has 1 aliphatic heterocycles. The maximum Gasteiger partial charge on any atom is 0.153 e. The molecular weight excluding hydrogens is 210 g/mol. The van der Waals surface area contributed by atoms with E-state index in [9.17, 15) is 8.42 Å². The van der Waals surface area contributed by atoms with Crippen LogP contribution in [-0.2, 0) is 9.84 Å². The van der Waals surface area contributed by atoms with E-state index in [1.807, 2.05) is 20.8 Å². The molecule has 4 heteroatoms. The molecule has 0 aromatic heterocycles. The zero-order valence-electron chi connectivity index (χ0n) is 10.3. The highest BCUT2D eigenvalue weighted by Crippen LogP contribution is 2.26. The first-order valence-electron chi connectivity index (χ1n) is 5.68. The van der Waals surface area contributed by atoms with Crippen LogP contribution in [0.25, 0.3) is 0 Å². The quantitative estimate of drug-likeness (QED) is 0.807. The molecule has 1 aliphatic rings. The minimum Gasteiger partial charge on any atom is -0.305 e. The molecule has 1 fully saturated rings. The van der Waals surface area contributed by atoms with Gasteiger partial charge in [-0.3, -0.25) is 0 Å². The van der Waals surface area contributed by atoms with Crippen molar-refractivity contribution in [1.29, 1.82) is 0 Å². The highest BCUT2D eigenvalue weighted by atomic mass is 32.2. The summed E-state index contributed by atoms with van der Waals surface area (Å²) in [5.41, 5.74) is -0.532. The van der Waals surface area contributed by atoms with E-state index in [1.165, 1.54) is 0 Å². The summed E-state index contributed by atoms with van der Waals surface area (Å²) < 4.78 is 23.6. The molecule has 1 atom stereocenters. The van der Waals surface area contributed by atoms with E-state index in [4.69, 9.17) is 0 Å². The van der Waals surface area contributed by atoms with Crippen molar-refractivity contribution in [2.75, 3.05) is 11.5 Å². The smallest absolute Gasteiger partial charge is 0.153 e. The summed E-state index contributed by atoms with van der Waals surface area (Å²) in [4.78, 5) is 0. The second kappa shape index (κ2) is 4.06. The van der Waals surface area contributed by atoms with Crippen molar-refractivity contribution in [3.63, 3.8) is 0 Å². The van der Waals surface area contributed by atoms with Crippen LogP contribution in [0.1, 0.15) is 47.0 Å². The van der Waals surface area contributed by atoms with Gasteiger partial charge in [-0.15, -0.1) is 0 Å². The molecule has 0 aromatic rings. The zero-order valence-corrected chi connectivity index (χ0v) is 11.1. The summed E-state index contributed by atoms with van der Waals surface area (Å²) in [7, 11) is -2.89. The molecule has 0 aromatic carbocycles. The fourth-order valence-electron chi connectivity index (χ4n) is 2.68. The van der Waals surface area contributed by atoms with Crippen molar-refractivity contribution in [3.8, 4) is 0 Å². The van der Waals surface area contributed by atoms with Gasteiger partial charge in [0, 0.05) is 11.1 Å². The van der Waals surface area contributed by atoms with Gasteiger partial charge in [-0.2, -0.15) is 0 Å². The minimum atomic E-state index is -2.89. The standard InChI is InChI=1S/C11H23NO2S/c1-5-6-7-11(4)9-15(13,14)8-10(2,3)12-11/h12H,5-9H2,1-4H3. The molecule has 0 aliphatic carbocycles. The van der Waals surface area contributed by atoms with Crippen molar-refractivity contribution in [2.45, 2.75) is 58.0 Å². The SMILES string of the molecule is CCCCC1(C)CS(=O)(=O)CC(C)(C)N1. The highest BCUT2D eigenvalue weighted by Gasteiger charge is 2.42. The summed E-state index contributed by atoms with van der Waals surface area (Å²) in [5, 5.41) is 3.48. The van der Waals surface area contributed by atoms with Crippen LogP contribution >= 0.6 is 0 Å². The summed E-state index contributed by atoms with van der Waals surface area (Å²) in [6.45, 7) is 8.09. The lowest BCUT2D eigenvalue weighted by molar-refractivity contribution is 0.251. The maximum atomic E-state index is 11.8. The summed E-state index contributed by atoms with van der Waals surface area (Å²) in [5.74, 6) is 0.533. The Morgan fingerprint density at radius 1 is 1.20 bits per heavy atom. The zero-order chi connectivity index (χ0) is 11.7. The van der Waals surface area contributed by atoms with E-state index in [0.29, 0.717) is 0 Å². The number of hydrogen-bond donors (Lipinski definition) is 1. The molecule has 1 N–H and O–H groups in total. The van der Waals surface area contributed by atoms with Gasteiger partial charge in [-0.25, -0.2) is 8.42 Å². The van der Waals surface area contributed by atoms with Crippen LogP contribution in [0.15, 0.2) is 0 Å². The average molecular weight is 233 g/mol. The highest BCUT2D eigenvalue weighted by molar-refractivity contribution is 7.91. The Labute approximate surface area is 93.6 Å². The molecule has 0 amide bonds. The molecule has 0 spiro atoms. The first kappa shape index (κ1) is 13.0. The second-order valence-electron chi connectivity index (χ2n) is 5.71. The number of nitrogens with one attached hydrogen (secondary N) is 1. The molecule has 90 valence electrons. The van der Waals surface area contributed by atoms with Crippen LogP contribution in [0.3, 0.4) is 0 Å². The van der Waals surface area contributed by atoms with Gasteiger partial charge >= 0.3 is 0 Å². The summed E-state index contributed by atoms with van der Waals surface area (Å²) >= 11 is 0. The van der Waals surface area contributed by atoms with Crippen LogP contribution in [0.5, 0.6) is 0 Å². The number of hydrogen-bond acceptors (Lipinski definition) is 3. The Bertz CT molecular complexity index is 321. The fourth-order valence-corrected chi connectivity index (χ4v) is 5.14. The molecule has 1 unspecified atom stereocenters. The Kier molecular flexibility index (Phi) is 3.51. The molecule has 0 bridgehead atoms. The van der Waals surface area contributed by atoms with E-state index in [2.05, 4.69) is 12.2 Å². The average Bonchev–Trinajstić information content (AvgIpc) is 1.93. The predicted octanol–water partition coefficient (Wildman–Crippen LogP) is 1.73. The van der Waals surface area contributed by atoms with Gasteiger partial charge in [0.05, 0.1) is 11.5 Å². The number of sulfone groups is 1. The third-order valence-electron chi connectivity index (χ3n) is 2.84.